The van der Waals surface area contributed by atoms with E-state index in [2.05, 4.69) is 35.0 Å². The molecule has 3 heteroatoms. The molecule has 0 radical (unpaired) electrons. The maximum absolute atomic E-state index is 5.52. The van der Waals surface area contributed by atoms with Crippen LogP contribution in [0.15, 0.2) is 16.6 Å². The molecule has 2 rings (SSSR count). The van der Waals surface area contributed by atoms with Crippen LogP contribution in [-0.2, 0) is 11.2 Å². The van der Waals surface area contributed by atoms with Gasteiger partial charge in [0.1, 0.15) is 5.75 Å². The molecule has 0 aromatic heterocycles. The third kappa shape index (κ3) is 2.83. The molecular formula is C14H19BrO2. The first-order chi connectivity index (χ1) is 8.26. The number of hydrogen-bond donors (Lipinski definition) is 0. The van der Waals surface area contributed by atoms with Crippen LogP contribution in [0.2, 0.25) is 0 Å². The SMILES string of the molecule is CC[C@@H]1CCCc2cc(OCOC)cc(Br)c21. The molecule has 0 unspecified atom stereocenters. The van der Waals surface area contributed by atoms with Crippen molar-refractivity contribution < 1.29 is 9.47 Å². The van der Waals surface area contributed by atoms with Crippen LogP contribution in [0.1, 0.15) is 43.2 Å². The fraction of sp³-hybridized carbons (Fsp3) is 0.571. The summed E-state index contributed by atoms with van der Waals surface area (Å²) in [5.74, 6) is 1.60. The molecule has 0 amide bonds. The normalized spacial score (nSPS) is 18.9. The Bertz CT molecular complexity index is 390. The largest absolute Gasteiger partial charge is 0.468 e. The lowest BCUT2D eigenvalue weighted by atomic mass is 9.81. The van der Waals surface area contributed by atoms with E-state index in [1.807, 2.05) is 0 Å². The second-order valence-electron chi connectivity index (χ2n) is 4.53. The zero-order chi connectivity index (χ0) is 12.3. The minimum Gasteiger partial charge on any atom is -0.468 e. The molecule has 0 N–H and O–H groups in total. The molecule has 0 fully saturated rings. The third-order valence-corrected chi connectivity index (χ3v) is 4.09. The van der Waals surface area contributed by atoms with Crippen molar-refractivity contribution in [2.24, 2.45) is 0 Å². The van der Waals surface area contributed by atoms with Gasteiger partial charge in [0.25, 0.3) is 0 Å². The fourth-order valence-electron chi connectivity index (χ4n) is 2.61. The van der Waals surface area contributed by atoms with Crippen molar-refractivity contribution in [3.05, 3.63) is 27.7 Å². The van der Waals surface area contributed by atoms with Gasteiger partial charge < -0.3 is 9.47 Å². The van der Waals surface area contributed by atoms with E-state index in [-0.39, 0.29) is 0 Å². The molecule has 0 spiro atoms. The first kappa shape index (κ1) is 12.9. The molecule has 1 aromatic rings. The van der Waals surface area contributed by atoms with E-state index < -0.39 is 0 Å². The van der Waals surface area contributed by atoms with Crippen LogP contribution in [0, 0.1) is 0 Å². The molecular weight excluding hydrogens is 280 g/mol. The van der Waals surface area contributed by atoms with Gasteiger partial charge in [0.15, 0.2) is 6.79 Å². The van der Waals surface area contributed by atoms with Gasteiger partial charge in [0.05, 0.1) is 0 Å². The van der Waals surface area contributed by atoms with Gasteiger partial charge in [0.2, 0.25) is 0 Å². The summed E-state index contributed by atoms with van der Waals surface area (Å²) in [5, 5.41) is 0. The van der Waals surface area contributed by atoms with Crippen LogP contribution in [-0.4, -0.2) is 13.9 Å². The number of halogens is 1. The van der Waals surface area contributed by atoms with Gasteiger partial charge in [-0.25, -0.2) is 0 Å². The lowest BCUT2D eigenvalue weighted by Crippen LogP contribution is -2.11. The Labute approximate surface area is 111 Å². The molecule has 1 aliphatic rings. The Kier molecular flexibility index (Phi) is 4.46. The van der Waals surface area contributed by atoms with Crippen LogP contribution in [0.3, 0.4) is 0 Å². The number of methoxy groups -OCH3 is 1. The van der Waals surface area contributed by atoms with E-state index in [0.717, 1.165) is 12.2 Å². The average Bonchev–Trinajstić information content (AvgIpc) is 2.35. The second-order valence-corrected chi connectivity index (χ2v) is 5.38. The smallest absolute Gasteiger partial charge is 0.188 e. The highest BCUT2D eigenvalue weighted by molar-refractivity contribution is 9.10. The van der Waals surface area contributed by atoms with Gasteiger partial charge in [0, 0.05) is 11.6 Å². The average molecular weight is 299 g/mol. The van der Waals surface area contributed by atoms with Crippen molar-refractivity contribution >= 4 is 15.9 Å². The van der Waals surface area contributed by atoms with Crippen molar-refractivity contribution in [3.63, 3.8) is 0 Å². The highest BCUT2D eigenvalue weighted by Crippen LogP contribution is 2.40. The maximum Gasteiger partial charge on any atom is 0.188 e. The van der Waals surface area contributed by atoms with Crippen LogP contribution in [0.4, 0.5) is 0 Å². The van der Waals surface area contributed by atoms with Crippen LogP contribution >= 0.6 is 15.9 Å². The van der Waals surface area contributed by atoms with Gasteiger partial charge in [-0.05, 0) is 54.9 Å². The molecule has 0 saturated carbocycles. The van der Waals surface area contributed by atoms with E-state index in [0.29, 0.717) is 12.7 Å². The van der Waals surface area contributed by atoms with Gasteiger partial charge >= 0.3 is 0 Å². The van der Waals surface area contributed by atoms with E-state index >= 15 is 0 Å². The molecule has 1 aromatic carbocycles. The zero-order valence-electron chi connectivity index (χ0n) is 10.5. The quantitative estimate of drug-likeness (QED) is 0.773. The van der Waals surface area contributed by atoms with Gasteiger partial charge in [-0.2, -0.15) is 0 Å². The van der Waals surface area contributed by atoms with E-state index in [1.54, 1.807) is 7.11 Å². The fourth-order valence-corrected chi connectivity index (χ4v) is 3.42. The van der Waals surface area contributed by atoms with Crippen molar-refractivity contribution in [1.82, 2.24) is 0 Å². The molecule has 1 aliphatic carbocycles. The van der Waals surface area contributed by atoms with Crippen LogP contribution in [0.5, 0.6) is 5.75 Å². The van der Waals surface area contributed by atoms with Crippen molar-refractivity contribution in [2.45, 2.75) is 38.5 Å². The van der Waals surface area contributed by atoms with Crippen LogP contribution in [0.25, 0.3) is 0 Å². The van der Waals surface area contributed by atoms with E-state index in [4.69, 9.17) is 9.47 Å². The zero-order valence-corrected chi connectivity index (χ0v) is 12.0. The first-order valence-electron chi connectivity index (χ1n) is 6.20. The standard InChI is InChI=1S/C14H19BrO2/c1-3-10-5-4-6-11-7-12(17-9-16-2)8-13(15)14(10)11/h7-8,10H,3-6,9H2,1-2H3/t10-/m1/s1. The molecule has 94 valence electrons. The van der Waals surface area contributed by atoms with Gasteiger partial charge in [-0.15, -0.1) is 0 Å². The number of benzene rings is 1. The minimum atomic E-state index is 0.308. The van der Waals surface area contributed by atoms with Crippen molar-refractivity contribution in [1.29, 1.82) is 0 Å². The number of ether oxygens (including phenoxy) is 2. The number of fused-ring (bicyclic) bond motifs is 1. The number of hydrogen-bond acceptors (Lipinski definition) is 2. The molecule has 17 heavy (non-hydrogen) atoms. The van der Waals surface area contributed by atoms with Gasteiger partial charge in [-0.1, -0.05) is 22.9 Å². The Hall–Kier alpha value is -0.540. The summed E-state index contributed by atoms with van der Waals surface area (Å²) in [5.41, 5.74) is 2.92. The molecule has 0 aliphatic heterocycles. The summed E-state index contributed by atoms with van der Waals surface area (Å²) in [6.07, 6.45) is 4.96. The monoisotopic (exact) mass is 298 g/mol. The predicted molar refractivity (Wildman–Crippen MR) is 72.6 cm³/mol. The Morgan fingerprint density at radius 2 is 2.24 bits per heavy atom. The molecule has 2 nitrogen and oxygen atoms in total. The summed E-state index contributed by atoms with van der Waals surface area (Å²) < 4.78 is 11.6. The Morgan fingerprint density at radius 3 is 2.94 bits per heavy atom. The van der Waals surface area contributed by atoms with E-state index in [9.17, 15) is 0 Å². The summed E-state index contributed by atoms with van der Waals surface area (Å²) in [4.78, 5) is 0. The maximum atomic E-state index is 5.52. The summed E-state index contributed by atoms with van der Waals surface area (Å²) in [7, 11) is 1.64. The highest BCUT2D eigenvalue weighted by Gasteiger charge is 2.22. The van der Waals surface area contributed by atoms with Crippen molar-refractivity contribution in [2.75, 3.05) is 13.9 Å². The molecule has 0 heterocycles. The van der Waals surface area contributed by atoms with E-state index in [1.165, 1.54) is 34.9 Å². The molecule has 0 bridgehead atoms. The molecule has 1 atom stereocenters. The predicted octanol–water partition coefficient (Wildman–Crippen LogP) is 4.26. The summed E-state index contributed by atoms with van der Waals surface area (Å²) in [6, 6.07) is 4.23. The van der Waals surface area contributed by atoms with Gasteiger partial charge in [-0.3, -0.25) is 0 Å². The summed E-state index contributed by atoms with van der Waals surface area (Å²) in [6.45, 7) is 2.57. The Morgan fingerprint density at radius 1 is 1.41 bits per heavy atom. The number of aryl methyl sites for hydroxylation is 1. The lowest BCUT2D eigenvalue weighted by Gasteiger charge is -2.26. The third-order valence-electron chi connectivity index (χ3n) is 3.43. The Balaban J connectivity index is 2.30. The topological polar surface area (TPSA) is 18.5 Å². The minimum absolute atomic E-state index is 0.308. The summed E-state index contributed by atoms with van der Waals surface area (Å²) >= 11 is 3.69. The van der Waals surface area contributed by atoms with Crippen molar-refractivity contribution in [3.8, 4) is 5.75 Å². The first-order valence-corrected chi connectivity index (χ1v) is 6.99. The number of rotatable bonds is 4. The van der Waals surface area contributed by atoms with Crippen LogP contribution < -0.4 is 4.74 Å². The molecule has 0 saturated heterocycles. The lowest BCUT2D eigenvalue weighted by molar-refractivity contribution is 0.0510. The second kappa shape index (κ2) is 5.87. The highest BCUT2D eigenvalue weighted by atomic mass is 79.9.